The first-order chi connectivity index (χ1) is 21.3. The van der Waals surface area contributed by atoms with Crippen LogP contribution in [0.2, 0.25) is 0 Å². The Bertz CT molecular complexity index is 1140. The Kier molecular flexibility index (Phi) is 13.5. The van der Waals surface area contributed by atoms with E-state index < -0.39 is 12.4 Å². The molecule has 0 spiro atoms. The van der Waals surface area contributed by atoms with Gasteiger partial charge in [-0.25, -0.2) is 0 Å². The second-order valence-corrected chi connectivity index (χ2v) is 12.7. The Labute approximate surface area is 263 Å². The number of allylic oxidation sites excluding steroid dienone is 7. The minimum Gasteiger partial charge on any atom is -0.491 e. The Hall–Kier alpha value is -2.52. The van der Waals surface area contributed by atoms with Crippen molar-refractivity contribution in [3.8, 4) is 0 Å². The second kappa shape index (κ2) is 17.2. The van der Waals surface area contributed by atoms with Gasteiger partial charge in [0.25, 0.3) is 0 Å². The molecule has 242 valence electrons. The fourth-order valence-corrected chi connectivity index (χ4v) is 5.99. The molecule has 7 heteroatoms. The van der Waals surface area contributed by atoms with Crippen molar-refractivity contribution in [2.45, 2.75) is 77.2 Å². The third kappa shape index (κ3) is 10.3. The lowest BCUT2D eigenvalue weighted by molar-refractivity contribution is -0.130. The Morgan fingerprint density at radius 2 is 1.68 bits per heavy atom. The number of methoxy groups -OCH3 is 1. The molecule has 0 saturated carbocycles. The lowest BCUT2D eigenvalue weighted by atomic mass is 9.64. The quantitative estimate of drug-likeness (QED) is 0.155. The first-order valence-corrected chi connectivity index (χ1v) is 16.1. The number of aliphatic hydroxyl groups is 2. The van der Waals surface area contributed by atoms with Crippen molar-refractivity contribution < 1.29 is 33.9 Å². The smallest absolute Gasteiger partial charge is 0.181 e. The van der Waals surface area contributed by atoms with Crippen LogP contribution in [0.25, 0.3) is 0 Å². The summed E-state index contributed by atoms with van der Waals surface area (Å²) in [7, 11) is 1.72. The molecule has 0 fully saturated rings. The van der Waals surface area contributed by atoms with E-state index >= 15 is 0 Å². The van der Waals surface area contributed by atoms with E-state index in [0.717, 1.165) is 31.4 Å². The van der Waals surface area contributed by atoms with E-state index in [4.69, 9.17) is 23.7 Å². The van der Waals surface area contributed by atoms with E-state index in [9.17, 15) is 10.2 Å². The van der Waals surface area contributed by atoms with Crippen LogP contribution in [-0.2, 0) is 23.7 Å². The highest BCUT2D eigenvalue weighted by Gasteiger charge is 2.36. The average Bonchev–Trinajstić information content (AvgIpc) is 3.07. The van der Waals surface area contributed by atoms with Crippen molar-refractivity contribution in [2.75, 3.05) is 33.5 Å². The third-order valence-corrected chi connectivity index (χ3v) is 9.26. The highest BCUT2D eigenvalue weighted by atomic mass is 16.6. The first-order valence-electron chi connectivity index (χ1n) is 16.1. The summed E-state index contributed by atoms with van der Waals surface area (Å²) in [5.41, 5.74) is 0.724. The molecule has 0 saturated heterocycles. The molecular weight excluding hydrogens is 556 g/mol. The zero-order valence-electron chi connectivity index (χ0n) is 26.8. The summed E-state index contributed by atoms with van der Waals surface area (Å²) in [5.74, 6) is 1.99. The van der Waals surface area contributed by atoms with Crippen molar-refractivity contribution in [1.29, 1.82) is 0 Å². The first kappa shape index (κ1) is 34.4. The van der Waals surface area contributed by atoms with Crippen molar-refractivity contribution >= 4 is 0 Å². The van der Waals surface area contributed by atoms with Gasteiger partial charge in [0.15, 0.2) is 6.29 Å². The lowest BCUT2D eigenvalue weighted by Crippen LogP contribution is -2.35. The molecule has 2 N–H and O–H groups in total. The van der Waals surface area contributed by atoms with E-state index in [2.05, 4.69) is 69.4 Å². The van der Waals surface area contributed by atoms with Gasteiger partial charge in [-0.15, -0.1) is 0 Å². The molecule has 0 bridgehead atoms. The maximum absolute atomic E-state index is 10.3. The van der Waals surface area contributed by atoms with E-state index in [1.54, 1.807) is 19.2 Å². The third-order valence-electron chi connectivity index (χ3n) is 9.26. The van der Waals surface area contributed by atoms with E-state index in [0.29, 0.717) is 36.5 Å². The van der Waals surface area contributed by atoms with Crippen molar-refractivity contribution in [3.63, 3.8) is 0 Å². The summed E-state index contributed by atoms with van der Waals surface area (Å²) in [4.78, 5) is 0. The van der Waals surface area contributed by atoms with Crippen LogP contribution in [0.4, 0.5) is 0 Å². The number of ether oxygens (including phenoxy) is 5. The van der Waals surface area contributed by atoms with Crippen molar-refractivity contribution in [3.05, 3.63) is 96.3 Å². The van der Waals surface area contributed by atoms with Gasteiger partial charge in [0.05, 0.1) is 32.0 Å². The summed E-state index contributed by atoms with van der Waals surface area (Å²) in [6.45, 7) is 7.93. The number of hydrogen-bond acceptors (Lipinski definition) is 7. The van der Waals surface area contributed by atoms with Crippen LogP contribution in [-0.4, -0.2) is 68.2 Å². The van der Waals surface area contributed by atoms with Crippen LogP contribution in [0.15, 0.2) is 90.8 Å². The maximum atomic E-state index is 10.3. The highest BCUT2D eigenvalue weighted by Crippen LogP contribution is 2.44. The molecular formula is C37H52O7. The molecule has 0 radical (unpaired) electrons. The van der Waals surface area contributed by atoms with E-state index in [1.165, 1.54) is 0 Å². The number of benzene rings is 1. The fraction of sp³-hybridized carbons (Fsp3) is 0.568. The predicted molar refractivity (Wildman–Crippen MR) is 173 cm³/mol. The average molecular weight is 609 g/mol. The van der Waals surface area contributed by atoms with Gasteiger partial charge < -0.3 is 33.9 Å². The Balaban J connectivity index is 1.14. The second-order valence-electron chi connectivity index (χ2n) is 12.7. The molecule has 0 aromatic heterocycles. The van der Waals surface area contributed by atoms with Crippen LogP contribution in [0.5, 0.6) is 0 Å². The summed E-state index contributed by atoms with van der Waals surface area (Å²) >= 11 is 0. The molecule has 4 rings (SSSR count). The van der Waals surface area contributed by atoms with Gasteiger partial charge in [-0.1, -0.05) is 86.7 Å². The van der Waals surface area contributed by atoms with Gasteiger partial charge in [-0.3, -0.25) is 0 Å². The normalized spacial score (nSPS) is 26.2. The summed E-state index contributed by atoms with van der Waals surface area (Å²) in [6.07, 6.45) is 21.7. The van der Waals surface area contributed by atoms with Gasteiger partial charge in [0.1, 0.15) is 24.6 Å². The van der Waals surface area contributed by atoms with Crippen LogP contribution in [0, 0.1) is 23.2 Å². The van der Waals surface area contributed by atoms with E-state index in [1.807, 2.05) is 24.3 Å². The zero-order valence-corrected chi connectivity index (χ0v) is 26.8. The summed E-state index contributed by atoms with van der Waals surface area (Å²) < 4.78 is 29.2. The van der Waals surface area contributed by atoms with Crippen LogP contribution >= 0.6 is 0 Å². The molecule has 1 aromatic rings. The molecule has 8 atom stereocenters. The number of rotatable bonds is 17. The minimum absolute atomic E-state index is 0.0171. The van der Waals surface area contributed by atoms with Crippen LogP contribution in [0.1, 0.15) is 58.3 Å². The fourth-order valence-electron chi connectivity index (χ4n) is 5.99. The van der Waals surface area contributed by atoms with Gasteiger partial charge in [0.2, 0.25) is 0 Å². The molecule has 1 aromatic carbocycles. The van der Waals surface area contributed by atoms with Crippen LogP contribution < -0.4 is 0 Å². The molecule has 44 heavy (non-hydrogen) atoms. The lowest BCUT2D eigenvalue weighted by Gasteiger charge is -2.41. The summed E-state index contributed by atoms with van der Waals surface area (Å²) in [6, 6.07) is 9.10. The number of aliphatic hydroxyl groups excluding tert-OH is 2. The molecule has 0 heterocycles. The monoisotopic (exact) mass is 608 g/mol. The molecule has 3 aliphatic rings. The largest absolute Gasteiger partial charge is 0.491 e. The van der Waals surface area contributed by atoms with Gasteiger partial charge >= 0.3 is 0 Å². The minimum atomic E-state index is -1.07. The van der Waals surface area contributed by atoms with Crippen LogP contribution in [0.3, 0.4) is 0 Å². The molecule has 6 unspecified atom stereocenters. The summed E-state index contributed by atoms with van der Waals surface area (Å²) in [5, 5.41) is 20.4. The number of hydrogen-bond donors (Lipinski definition) is 2. The van der Waals surface area contributed by atoms with Crippen molar-refractivity contribution in [2.24, 2.45) is 23.2 Å². The van der Waals surface area contributed by atoms with Gasteiger partial charge in [-0.05, 0) is 62.0 Å². The molecule has 0 amide bonds. The van der Waals surface area contributed by atoms with Gasteiger partial charge in [0, 0.05) is 18.6 Å². The van der Waals surface area contributed by atoms with Crippen molar-refractivity contribution in [1.82, 2.24) is 0 Å². The topological polar surface area (TPSA) is 86.6 Å². The van der Waals surface area contributed by atoms with E-state index in [-0.39, 0.29) is 36.9 Å². The molecule has 0 aliphatic heterocycles. The standard InChI is InChI=1S/C37H52O7/c1-27(28-11-7-5-8-12-28)41-25-35(40-4)26-43-34-21-17-31(18-22-34)37(2,3)30-15-19-33(20-16-30)42-23-32(38)24-44-36(39)29-13-9-6-10-14-29/h5-11,13-15,17,19-21,27-28,30-32,34-36,38-39H,12,16,18,22-26H2,1-4H3/t27?,28-,30+,31?,32?,34?,35?,36?/m1/s1. The highest BCUT2D eigenvalue weighted by molar-refractivity contribution is 5.21. The molecule has 3 aliphatic carbocycles. The zero-order chi connectivity index (χ0) is 31.4. The van der Waals surface area contributed by atoms with Gasteiger partial charge in [-0.2, -0.15) is 0 Å². The Morgan fingerprint density at radius 1 is 0.864 bits per heavy atom. The molecule has 7 nitrogen and oxygen atoms in total. The SMILES string of the molecule is COC(COC1C=CC(C(C)(C)[C@H]2C=CC(OCC(O)COC(O)c3ccccc3)=CC2)CC1)COC(C)[C@@H]1C=CC=CC1. The predicted octanol–water partition coefficient (Wildman–Crippen LogP) is 6.46. The Morgan fingerprint density at radius 3 is 2.34 bits per heavy atom. The maximum Gasteiger partial charge on any atom is 0.181 e.